The molecule has 450 valence electrons. The van der Waals surface area contributed by atoms with Crippen molar-refractivity contribution in [1.82, 2.24) is 0 Å². The van der Waals surface area contributed by atoms with E-state index in [2.05, 4.69) is 31.9 Å². The van der Waals surface area contributed by atoms with Crippen LogP contribution in [0.4, 0.5) is 0 Å². The minimum atomic E-state index is -5.32. The van der Waals surface area contributed by atoms with Crippen molar-refractivity contribution in [3.05, 3.63) is 0 Å². The topological polar surface area (TPSA) is 265 Å². The molecule has 0 aromatic rings. The van der Waals surface area contributed by atoms with E-state index in [0.717, 1.165) is 57.8 Å². The van der Waals surface area contributed by atoms with Crippen molar-refractivity contribution in [2.24, 2.45) is 23.7 Å². The second kappa shape index (κ2) is 41.4. The quantitative estimate of drug-likeness (QED) is 0.0170. The summed E-state index contributed by atoms with van der Waals surface area (Å²) in [6.07, 6.45) is 17.6. The molecule has 0 aliphatic carbocycles. The van der Waals surface area contributed by atoms with Gasteiger partial charge in [0, 0.05) is 6.42 Å². The number of carbonyl (C=O) groups is 2. The van der Waals surface area contributed by atoms with Gasteiger partial charge in [-0.1, -0.05) is 215 Å². The largest absolute Gasteiger partial charge is 0.455 e. The summed E-state index contributed by atoms with van der Waals surface area (Å²) in [5.41, 5.74) is 0. The van der Waals surface area contributed by atoms with Crippen molar-refractivity contribution in [3.8, 4) is 0 Å². The molecule has 0 aromatic carbocycles. The van der Waals surface area contributed by atoms with Crippen LogP contribution in [0.25, 0.3) is 0 Å². The fraction of sp³-hybridized carbons (Fsp3) is 0.966. The molecule has 0 spiro atoms. The number of carbonyl (C=O) groups excluding carboxylic acids is 2. The molecule has 15 atom stereocenters. The Balaban J connectivity index is 2.02. The van der Waals surface area contributed by atoms with Crippen LogP contribution in [0.2, 0.25) is 0 Å². The van der Waals surface area contributed by atoms with Gasteiger partial charge in [-0.3, -0.25) is 14.1 Å². The first kappa shape index (κ1) is 70.6. The average Bonchev–Trinajstić information content (AvgIpc) is 3.37. The highest BCUT2D eigenvalue weighted by Crippen LogP contribution is 2.34. The van der Waals surface area contributed by atoms with E-state index in [1.807, 2.05) is 6.92 Å². The van der Waals surface area contributed by atoms with Gasteiger partial charge in [0.2, 0.25) is 6.29 Å². The normalized spacial score (nSPS) is 26.2. The number of rotatable bonds is 46. The number of esters is 2. The van der Waals surface area contributed by atoms with Gasteiger partial charge in [-0.25, -0.2) is 4.18 Å². The van der Waals surface area contributed by atoms with Gasteiger partial charge in [0.1, 0.15) is 30.5 Å². The third kappa shape index (κ3) is 29.8. The zero-order chi connectivity index (χ0) is 56.3. The predicted molar refractivity (Wildman–Crippen MR) is 293 cm³/mol. The fourth-order valence-corrected chi connectivity index (χ4v) is 11.6. The lowest BCUT2D eigenvalue weighted by Gasteiger charge is -2.46. The maximum atomic E-state index is 14.0. The highest BCUT2D eigenvalue weighted by Gasteiger charge is 2.54. The molecule has 0 aromatic heterocycles. The van der Waals surface area contributed by atoms with Crippen LogP contribution in [-0.4, -0.2) is 136 Å². The summed E-state index contributed by atoms with van der Waals surface area (Å²) < 4.78 is 67.1. The number of aliphatic hydroxyl groups excluding tert-OH is 6. The zero-order valence-electron chi connectivity index (χ0n) is 48.0. The van der Waals surface area contributed by atoms with Gasteiger partial charge in [0.25, 0.3) is 0 Å². The molecule has 2 rings (SSSR count). The molecule has 18 heteroatoms. The number of unbranched alkanes of at least 4 members (excludes halogenated alkanes) is 26. The van der Waals surface area contributed by atoms with E-state index in [9.17, 15) is 53.2 Å². The number of ether oxygens (including phenoxy) is 5. The summed E-state index contributed by atoms with van der Waals surface area (Å²) >= 11 is 0. The molecule has 2 heterocycles. The Morgan fingerprint density at radius 1 is 0.513 bits per heavy atom. The van der Waals surface area contributed by atoms with Gasteiger partial charge in [-0.05, 0) is 49.9 Å². The minimum Gasteiger partial charge on any atom is -0.455 e. The molecule has 2 aliphatic rings. The first-order valence-electron chi connectivity index (χ1n) is 30.3. The molecule has 0 bridgehead atoms. The monoisotopic (exact) mass is 1110 g/mol. The molecular formula is C58H110O17S. The Kier molecular flexibility index (Phi) is 38.5. The highest BCUT2D eigenvalue weighted by molar-refractivity contribution is 7.80. The van der Waals surface area contributed by atoms with E-state index in [-0.39, 0.29) is 24.2 Å². The van der Waals surface area contributed by atoms with E-state index in [1.54, 1.807) is 6.92 Å². The molecule has 2 aliphatic heterocycles. The van der Waals surface area contributed by atoms with Crippen LogP contribution in [-0.2, 0) is 47.9 Å². The molecular weight excluding hydrogens is 1000 g/mol. The van der Waals surface area contributed by atoms with Crippen molar-refractivity contribution < 1.29 is 81.1 Å². The molecule has 76 heavy (non-hydrogen) atoms. The van der Waals surface area contributed by atoms with Crippen molar-refractivity contribution >= 4 is 22.3 Å². The summed E-state index contributed by atoms with van der Waals surface area (Å²) in [5.74, 6) is -1.88. The summed E-state index contributed by atoms with van der Waals surface area (Å²) in [5, 5.41) is 64.1. The van der Waals surface area contributed by atoms with Gasteiger partial charge in [0.05, 0.1) is 25.2 Å². The van der Waals surface area contributed by atoms with Crippen LogP contribution >= 0.6 is 0 Å². The fourth-order valence-electron chi connectivity index (χ4n) is 11.1. The number of hydrogen-bond acceptors (Lipinski definition) is 16. The van der Waals surface area contributed by atoms with Gasteiger partial charge in [-0.15, -0.1) is 0 Å². The lowest BCUT2D eigenvalue weighted by Crippen LogP contribution is -2.65. The number of aliphatic hydroxyl groups is 6. The van der Waals surface area contributed by atoms with E-state index < -0.39 is 109 Å². The van der Waals surface area contributed by atoms with Crippen molar-refractivity contribution in [1.29, 1.82) is 0 Å². The molecule has 17 nitrogen and oxygen atoms in total. The van der Waals surface area contributed by atoms with Gasteiger partial charge in [0.15, 0.2) is 24.6 Å². The van der Waals surface area contributed by atoms with Gasteiger partial charge < -0.3 is 54.3 Å². The third-order valence-electron chi connectivity index (χ3n) is 15.6. The number of hydrogen-bond donors (Lipinski definition) is 7. The molecule has 2 saturated heterocycles. The van der Waals surface area contributed by atoms with Crippen molar-refractivity contribution in [2.75, 3.05) is 13.2 Å². The Hall–Kier alpha value is -1.55. The Morgan fingerprint density at radius 3 is 1.37 bits per heavy atom. The Bertz CT molecular complexity index is 1570. The van der Waals surface area contributed by atoms with E-state index in [4.69, 9.17) is 23.7 Å². The van der Waals surface area contributed by atoms with Crippen molar-refractivity contribution in [3.63, 3.8) is 0 Å². The smallest absolute Gasteiger partial charge is 0.397 e. The van der Waals surface area contributed by atoms with Crippen molar-refractivity contribution in [2.45, 2.75) is 321 Å². The highest BCUT2D eigenvalue weighted by atomic mass is 32.3. The molecule has 15 unspecified atom stereocenters. The lowest BCUT2D eigenvalue weighted by atomic mass is 9.83. The average molecular weight is 1110 g/mol. The SMILES string of the molecule is CCCCCCCCCCCCCCCCCC(O)C(C)CC(C)CC(C)CC(C)C(=O)OC1C(OC2OC(CO)C(O)C(O)C2OS(=O)(=O)O)OC(CO)C(O)C1OC(=O)CCCCCCCCCCCCCCC. The maximum Gasteiger partial charge on any atom is 0.397 e. The third-order valence-corrected chi connectivity index (χ3v) is 16.1. The Morgan fingerprint density at radius 2 is 0.921 bits per heavy atom. The molecule has 0 amide bonds. The first-order chi connectivity index (χ1) is 36.4. The second-order valence-electron chi connectivity index (χ2n) is 23.0. The second-order valence-corrected chi connectivity index (χ2v) is 24.0. The van der Waals surface area contributed by atoms with Crippen LogP contribution in [0.1, 0.15) is 253 Å². The van der Waals surface area contributed by atoms with E-state index >= 15 is 0 Å². The molecule has 0 radical (unpaired) electrons. The summed E-state index contributed by atoms with van der Waals surface area (Å²) in [6.45, 7) is 10.7. The van der Waals surface area contributed by atoms with Gasteiger partial charge in [-0.2, -0.15) is 8.42 Å². The first-order valence-corrected chi connectivity index (χ1v) is 31.7. The van der Waals surface area contributed by atoms with Crippen LogP contribution < -0.4 is 0 Å². The molecule has 7 N–H and O–H groups in total. The summed E-state index contributed by atoms with van der Waals surface area (Å²) in [4.78, 5) is 27.5. The minimum absolute atomic E-state index is 0.0303. The van der Waals surface area contributed by atoms with Crippen LogP contribution in [0.5, 0.6) is 0 Å². The Labute approximate surface area is 459 Å². The molecule has 2 fully saturated rings. The van der Waals surface area contributed by atoms with E-state index in [0.29, 0.717) is 12.8 Å². The lowest BCUT2D eigenvalue weighted by molar-refractivity contribution is -0.374. The van der Waals surface area contributed by atoms with Crippen LogP contribution in [0, 0.1) is 23.7 Å². The maximum absolute atomic E-state index is 14.0. The molecule has 0 saturated carbocycles. The summed E-state index contributed by atoms with van der Waals surface area (Å²) in [7, 11) is -5.32. The van der Waals surface area contributed by atoms with Crippen LogP contribution in [0.3, 0.4) is 0 Å². The standard InChI is InChI=1S/C58H110O17S/c1-7-9-11-13-15-17-19-21-22-24-25-27-29-31-33-35-46(61)44(5)38-42(3)37-43(4)39-45(6)56(66)73-55-53(72-49(62)36-34-32-30-28-26-23-20-18-16-14-12-10-8-2)51(64)48(41-60)71-58(55)74-57-54(75-76(67,68)69)52(65)50(63)47(40-59)70-57/h42-48,50-55,57-61,63-65H,7-41H2,1-6H3,(H,67,68,69). The predicted octanol–water partition coefficient (Wildman–Crippen LogP) is 10.4. The zero-order valence-corrected chi connectivity index (χ0v) is 48.8. The summed E-state index contributed by atoms with van der Waals surface area (Å²) in [6, 6.07) is 0. The van der Waals surface area contributed by atoms with Crippen LogP contribution in [0.15, 0.2) is 0 Å². The van der Waals surface area contributed by atoms with E-state index in [1.165, 1.54) is 135 Å². The van der Waals surface area contributed by atoms with Gasteiger partial charge >= 0.3 is 22.3 Å².